The molecular formula is C23H21NO4. The van der Waals surface area contributed by atoms with E-state index < -0.39 is 0 Å². The third-order valence-corrected chi connectivity index (χ3v) is 5.17. The summed E-state index contributed by atoms with van der Waals surface area (Å²) >= 11 is 0. The molecule has 1 aliphatic rings. The second kappa shape index (κ2) is 7.43. The molecule has 4 rings (SSSR count). The standard InChI is InChI=1S/C23H21NO4/c1-14(25)15-10-11-21(27-2)16(12-15)13-28-23(26)22-17-6-3-4-8-19(17)24-20-9-5-7-18(20)22/h3-4,6,8,10-12H,5,7,9,13H2,1-2H3. The van der Waals surface area contributed by atoms with Gasteiger partial charge in [0.1, 0.15) is 12.4 Å². The van der Waals surface area contributed by atoms with Crippen LogP contribution in [0.15, 0.2) is 42.5 Å². The van der Waals surface area contributed by atoms with Crippen LogP contribution in [0.4, 0.5) is 0 Å². The van der Waals surface area contributed by atoms with Crippen molar-refractivity contribution in [2.75, 3.05) is 7.11 Å². The summed E-state index contributed by atoms with van der Waals surface area (Å²) in [5, 5.41) is 0.817. The number of pyridine rings is 1. The average molecular weight is 375 g/mol. The average Bonchev–Trinajstić information content (AvgIpc) is 3.17. The van der Waals surface area contributed by atoms with E-state index in [1.807, 2.05) is 24.3 Å². The SMILES string of the molecule is COc1ccc(C(C)=O)cc1COC(=O)c1c2c(nc3ccccc13)CCC2. The van der Waals surface area contributed by atoms with Gasteiger partial charge >= 0.3 is 5.97 Å². The predicted molar refractivity (Wildman–Crippen MR) is 106 cm³/mol. The lowest BCUT2D eigenvalue weighted by Crippen LogP contribution is -2.11. The van der Waals surface area contributed by atoms with Gasteiger partial charge < -0.3 is 9.47 Å². The highest BCUT2D eigenvalue weighted by Crippen LogP contribution is 2.31. The molecule has 3 aromatic rings. The molecule has 0 amide bonds. The van der Waals surface area contributed by atoms with E-state index in [1.54, 1.807) is 25.3 Å². The summed E-state index contributed by atoms with van der Waals surface area (Å²) in [6, 6.07) is 12.8. The number of Topliss-reactive ketones (excluding diaryl/α,β-unsaturated/α-hetero) is 1. The van der Waals surface area contributed by atoms with Crippen LogP contribution in [0.2, 0.25) is 0 Å². The molecule has 0 spiro atoms. The molecule has 1 heterocycles. The van der Waals surface area contributed by atoms with Gasteiger partial charge in [-0.15, -0.1) is 0 Å². The molecule has 28 heavy (non-hydrogen) atoms. The molecule has 0 aliphatic heterocycles. The van der Waals surface area contributed by atoms with Gasteiger partial charge in [-0.05, 0) is 56.0 Å². The smallest absolute Gasteiger partial charge is 0.339 e. The van der Waals surface area contributed by atoms with E-state index in [-0.39, 0.29) is 18.4 Å². The number of ether oxygens (including phenoxy) is 2. The van der Waals surface area contributed by atoms with Crippen molar-refractivity contribution < 1.29 is 19.1 Å². The Bertz CT molecular complexity index is 1090. The number of nitrogens with zero attached hydrogens (tertiary/aromatic N) is 1. The lowest BCUT2D eigenvalue weighted by atomic mass is 10.0. The van der Waals surface area contributed by atoms with Crippen molar-refractivity contribution in [2.24, 2.45) is 0 Å². The fourth-order valence-electron chi connectivity index (χ4n) is 3.77. The summed E-state index contributed by atoms with van der Waals surface area (Å²) in [7, 11) is 1.55. The Morgan fingerprint density at radius 2 is 1.93 bits per heavy atom. The van der Waals surface area contributed by atoms with Crippen LogP contribution in [0, 0.1) is 0 Å². The first kappa shape index (κ1) is 18.2. The van der Waals surface area contributed by atoms with Crippen LogP contribution in [-0.2, 0) is 24.2 Å². The van der Waals surface area contributed by atoms with Crippen molar-refractivity contribution in [3.63, 3.8) is 0 Å². The summed E-state index contributed by atoms with van der Waals surface area (Å²) in [6.45, 7) is 1.54. The van der Waals surface area contributed by atoms with Gasteiger partial charge in [0.25, 0.3) is 0 Å². The van der Waals surface area contributed by atoms with E-state index >= 15 is 0 Å². The molecule has 0 unspecified atom stereocenters. The molecule has 1 aromatic heterocycles. The number of ketones is 1. The van der Waals surface area contributed by atoms with Crippen LogP contribution in [-0.4, -0.2) is 23.8 Å². The Kier molecular flexibility index (Phi) is 4.82. The van der Waals surface area contributed by atoms with Crippen molar-refractivity contribution in [1.82, 2.24) is 4.98 Å². The number of aryl methyl sites for hydroxylation is 1. The van der Waals surface area contributed by atoms with E-state index in [0.717, 1.165) is 41.4 Å². The van der Waals surface area contributed by atoms with Gasteiger partial charge in [0.15, 0.2) is 5.78 Å². The molecule has 5 nitrogen and oxygen atoms in total. The Morgan fingerprint density at radius 3 is 2.71 bits per heavy atom. The highest BCUT2D eigenvalue weighted by atomic mass is 16.5. The van der Waals surface area contributed by atoms with E-state index in [1.165, 1.54) is 6.92 Å². The van der Waals surface area contributed by atoms with Crippen molar-refractivity contribution >= 4 is 22.7 Å². The van der Waals surface area contributed by atoms with E-state index in [0.29, 0.717) is 22.4 Å². The van der Waals surface area contributed by atoms with Crippen molar-refractivity contribution in [2.45, 2.75) is 32.8 Å². The van der Waals surface area contributed by atoms with Crippen LogP contribution in [0.25, 0.3) is 10.9 Å². The molecule has 0 atom stereocenters. The topological polar surface area (TPSA) is 65.5 Å². The lowest BCUT2D eigenvalue weighted by molar-refractivity contribution is 0.0471. The van der Waals surface area contributed by atoms with Crippen molar-refractivity contribution in [3.05, 3.63) is 70.4 Å². The number of fused-ring (bicyclic) bond motifs is 2. The van der Waals surface area contributed by atoms with Crippen LogP contribution in [0.1, 0.15) is 50.9 Å². The largest absolute Gasteiger partial charge is 0.496 e. The second-order valence-corrected chi connectivity index (χ2v) is 6.94. The first-order chi connectivity index (χ1) is 13.6. The number of para-hydroxylation sites is 1. The highest BCUT2D eigenvalue weighted by Gasteiger charge is 2.25. The van der Waals surface area contributed by atoms with Crippen LogP contribution in [0.5, 0.6) is 5.75 Å². The number of aromatic nitrogens is 1. The number of hydrogen-bond donors (Lipinski definition) is 0. The van der Waals surface area contributed by atoms with Gasteiger partial charge in [-0.2, -0.15) is 0 Å². The zero-order valence-corrected chi connectivity index (χ0v) is 16.0. The zero-order valence-electron chi connectivity index (χ0n) is 16.0. The van der Waals surface area contributed by atoms with E-state index in [4.69, 9.17) is 14.5 Å². The number of rotatable bonds is 5. The van der Waals surface area contributed by atoms with Gasteiger partial charge in [0.2, 0.25) is 0 Å². The summed E-state index contributed by atoms with van der Waals surface area (Å²) in [5.74, 6) is 0.169. The van der Waals surface area contributed by atoms with Gasteiger partial charge in [-0.25, -0.2) is 4.79 Å². The number of hydrogen-bond acceptors (Lipinski definition) is 5. The van der Waals surface area contributed by atoms with Crippen molar-refractivity contribution in [3.8, 4) is 5.75 Å². The molecule has 0 saturated carbocycles. The second-order valence-electron chi connectivity index (χ2n) is 6.94. The number of carbonyl (C=O) groups is 2. The summed E-state index contributed by atoms with van der Waals surface area (Å²) in [5.41, 5.74) is 4.63. The summed E-state index contributed by atoms with van der Waals surface area (Å²) < 4.78 is 11.0. The zero-order chi connectivity index (χ0) is 19.7. The predicted octanol–water partition coefficient (Wildman–Crippen LogP) is 4.29. The number of methoxy groups -OCH3 is 1. The van der Waals surface area contributed by atoms with Crippen LogP contribution in [0.3, 0.4) is 0 Å². The molecule has 0 radical (unpaired) electrons. The van der Waals surface area contributed by atoms with Gasteiger partial charge in [0, 0.05) is 22.2 Å². The maximum atomic E-state index is 13.1. The molecule has 0 bridgehead atoms. The third-order valence-electron chi connectivity index (χ3n) is 5.17. The third kappa shape index (κ3) is 3.24. The molecule has 0 fully saturated rings. The Hall–Kier alpha value is -3.21. The summed E-state index contributed by atoms with van der Waals surface area (Å²) in [6.07, 6.45) is 2.71. The van der Waals surface area contributed by atoms with Gasteiger partial charge in [-0.1, -0.05) is 18.2 Å². The Morgan fingerprint density at radius 1 is 1.11 bits per heavy atom. The first-order valence-electron chi connectivity index (χ1n) is 9.34. The van der Waals surface area contributed by atoms with E-state index in [9.17, 15) is 9.59 Å². The van der Waals surface area contributed by atoms with Crippen molar-refractivity contribution in [1.29, 1.82) is 0 Å². The molecule has 2 aromatic carbocycles. The van der Waals surface area contributed by atoms with E-state index in [2.05, 4.69) is 0 Å². The molecule has 1 aliphatic carbocycles. The maximum absolute atomic E-state index is 13.1. The minimum absolute atomic E-state index is 0.0363. The van der Waals surface area contributed by atoms with Crippen LogP contribution >= 0.6 is 0 Å². The molecular weight excluding hydrogens is 354 g/mol. The highest BCUT2D eigenvalue weighted by molar-refractivity contribution is 6.05. The summed E-state index contributed by atoms with van der Waals surface area (Å²) in [4.78, 5) is 29.4. The lowest BCUT2D eigenvalue weighted by Gasteiger charge is -2.14. The van der Waals surface area contributed by atoms with Crippen LogP contribution < -0.4 is 4.74 Å². The fraction of sp³-hybridized carbons (Fsp3) is 0.261. The molecule has 0 saturated heterocycles. The number of carbonyl (C=O) groups excluding carboxylic acids is 2. The molecule has 0 N–H and O–H groups in total. The fourth-order valence-corrected chi connectivity index (χ4v) is 3.77. The minimum atomic E-state index is -0.368. The van der Waals surface area contributed by atoms with Gasteiger partial charge in [0.05, 0.1) is 18.2 Å². The first-order valence-corrected chi connectivity index (χ1v) is 9.34. The monoisotopic (exact) mass is 375 g/mol. The molecule has 142 valence electrons. The maximum Gasteiger partial charge on any atom is 0.339 e. The quantitative estimate of drug-likeness (QED) is 0.492. The number of esters is 1. The minimum Gasteiger partial charge on any atom is -0.496 e. The number of benzene rings is 2. The molecule has 5 heteroatoms. The normalized spacial score (nSPS) is 12.6. The Balaban J connectivity index is 1.67. The Labute approximate surface area is 163 Å². The van der Waals surface area contributed by atoms with Gasteiger partial charge in [-0.3, -0.25) is 9.78 Å².